The molecule has 0 amide bonds. The van der Waals surface area contributed by atoms with Gasteiger partial charge in [-0.1, -0.05) is 30.3 Å². The lowest BCUT2D eigenvalue weighted by Gasteiger charge is -2.35. The van der Waals surface area contributed by atoms with Gasteiger partial charge in [-0.15, -0.1) is 0 Å². The molecule has 0 spiro atoms. The van der Waals surface area contributed by atoms with E-state index in [1.54, 1.807) is 0 Å². The fourth-order valence-electron chi connectivity index (χ4n) is 1.88. The maximum atomic E-state index is 10.0. The standard InChI is InChI=1S/C14H21NO3/c1-14(2)17-9-12(10-18-14)15-8-13(16)11-6-4-3-5-7-11/h3-7,12-13,15-16H,8-10H2,1-2H3. The summed E-state index contributed by atoms with van der Waals surface area (Å²) >= 11 is 0. The van der Waals surface area contributed by atoms with Crippen LogP contribution in [-0.2, 0) is 9.47 Å². The second-order valence-electron chi connectivity index (χ2n) is 5.05. The monoisotopic (exact) mass is 251 g/mol. The molecule has 1 heterocycles. The molecule has 1 fully saturated rings. The minimum absolute atomic E-state index is 0.136. The van der Waals surface area contributed by atoms with E-state index in [9.17, 15) is 5.11 Å². The average Bonchev–Trinajstić information content (AvgIpc) is 2.38. The van der Waals surface area contributed by atoms with E-state index in [-0.39, 0.29) is 6.04 Å². The molecule has 2 rings (SSSR count). The van der Waals surface area contributed by atoms with Crippen LogP contribution >= 0.6 is 0 Å². The number of ether oxygens (including phenoxy) is 2. The summed E-state index contributed by atoms with van der Waals surface area (Å²) in [4.78, 5) is 0. The number of hydrogen-bond donors (Lipinski definition) is 2. The van der Waals surface area contributed by atoms with Crippen molar-refractivity contribution in [1.29, 1.82) is 0 Å². The zero-order valence-corrected chi connectivity index (χ0v) is 10.9. The van der Waals surface area contributed by atoms with Gasteiger partial charge in [0.1, 0.15) is 0 Å². The second-order valence-corrected chi connectivity index (χ2v) is 5.05. The predicted octanol–water partition coefficient (Wildman–Crippen LogP) is 1.46. The summed E-state index contributed by atoms with van der Waals surface area (Å²) in [5, 5.41) is 13.3. The zero-order chi connectivity index (χ0) is 13.0. The number of aliphatic hydroxyl groups is 1. The summed E-state index contributed by atoms with van der Waals surface area (Å²) in [6, 6.07) is 9.76. The SMILES string of the molecule is CC1(C)OCC(NCC(O)c2ccccc2)CO1. The molecular weight excluding hydrogens is 230 g/mol. The Balaban J connectivity index is 1.76. The summed E-state index contributed by atoms with van der Waals surface area (Å²) < 4.78 is 11.1. The van der Waals surface area contributed by atoms with E-state index in [1.807, 2.05) is 44.2 Å². The third-order valence-corrected chi connectivity index (χ3v) is 3.05. The highest BCUT2D eigenvalue weighted by Crippen LogP contribution is 2.17. The molecule has 100 valence electrons. The largest absolute Gasteiger partial charge is 0.387 e. The third kappa shape index (κ3) is 3.78. The first kappa shape index (κ1) is 13.5. The maximum Gasteiger partial charge on any atom is 0.162 e. The Morgan fingerprint density at radius 1 is 1.28 bits per heavy atom. The Morgan fingerprint density at radius 3 is 2.50 bits per heavy atom. The summed E-state index contributed by atoms with van der Waals surface area (Å²) in [7, 11) is 0. The molecule has 1 aliphatic heterocycles. The first-order valence-corrected chi connectivity index (χ1v) is 6.31. The molecule has 1 unspecified atom stereocenters. The van der Waals surface area contributed by atoms with Crippen molar-refractivity contribution in [2.45, 2.75) is 31.8 Å². The van der Waals surface area contributed by atoms with E-state index >= 15 is 0 Å². The summed E-state index contributed by atoms with van der Waals surface area (Å²) in [6.07, 6.45) is -0.499. The van der Waals surface area contributed by atoms with Crippen molar-refractivity contribution in [3.63, 3.8) is 0 Å². The first-order valence-electron chi connectivity index (χ1n) is 6.31. The highest BCUT2D eigenvalue weighted by atomic mass is 16.7. The van der Waals surface area contributed by atoms with Gasteiger partial charge in [-0.05, 0) is 19.4 Å². The minimum atomic E-state index is -0.499. The third-order valence-electron chi connectivity index (χ3n) is 3.05. The number of aliphatic hydroxyl groups excluding tert-OH is 1. The van der Waals surface area contributed by atoms with Crippen molar-refractivity contribution in [3.8, 4) is 0 Å². The fraction of sp³-hybridized carbons (Fsp3) is 0.571. The highest BCUT2D eigenvalue weighted by Gasteiger charge is 2.28. The van der Waals surface area contributed by atoms with Crippen LogP contribution < -0.4 is 5.32 Å². The number of benzene rings is 1. The van der Waals surface area contributed by atoms with Gasteiger partial charge in [0.15, 0.2) is 5.79 Å². The van der Waals surface area contributed by atoms with Gasteiger partial charge in [-0.2, -0.15) is 0 Å². The van der Waals surface area contributed by atoms with Crippen LogP contribution in [0.3, 0.4) is 0 Å². The predicted molar refractivity (Wildman–Crippen MR) is 69.2 cm³/mol. The van der Waals surface area contributed by atoms with Gasteiger partial charge in [-0.3, -0.25) is 0 Å². The lowest BCUT2D eigenvalue weighted by Crippen LogP contribution is -2.49. The van der Waals surface area contributed by atoms with E-state index in [0.717, 1.165) is 5.56 Å². The van der Waals surface area contributed by atoms with E-state index in [2.05, 4.69) is 5.32 Å². The van der Waals surface area contributed by atoms with Gasteiger partial charge >= 0.3 is 0 Å². The van der Waals surface area contributed by atoms with Crippen LogP contribution in [0.25, 0.3) is 0 Å². The van der Waals surface area contributed by atoms with Crippen LogP contribution in [0.1, 0.15) is 25.5 Å². The van der Waals surface area contributed by atoms with Crippen molar-refractivity contribution < 1.29 is 14.6 Å². The smallest absolute Gasteiger partial charge is 0.162 e. The first-order chi connectivity index (χ1) is 8.57. The Morgan fingerprint density at radius 2 is 1.89 bits per heavy atom. The molecule has 4 nitrogen and oxygen atoms in total. The minimum Gasteiger partial charge on any atom is -0.387 e. The molecule has 0 bridgehead atoms. The summed E-state index contributed by atoms with van der Waals surface area (Å²) in [5.41, 5.74) is 0.919. The molecule has 0 aromatic heterocycles. The topological polar surface area (TPSA) is 50.7 Å². The summed E-state index contributed by atoms with van der Waals surface area (Å²) in [6.45, 7) is 5.52. The molecule has 18 heavy (non-hydrogen) atoms. The van der Waals surface area contributed by atoms with E-state index in [0.29, 0.717) is 19.8 Å². The normalized spacial score (nSPS) is 21.7. The second kappa shape index (κ2) is 5.80. The van der Waals surface area contributed by atoms with Crippen LogP contribution in [0.5, 0.6) is 0 Å². The molecule has 1 aliphatic rings. The van der Waals surface area contributed by atoms with E-state index in [1.165, 1.54) is 0 Å². The summed E-state index contributed by atoms with van der Waals surface area (Å²) in [5.74, 6) is -0.490. The van der Waals surface area contributed by atoms with Crippen molar-refractivity contribution in [2.24, 2.45) is 0 Å². The Hall–Kier alpha value is -0.940. The van der Waals surface area contributed by atoms with Gasteiger partial charge < -0.3 is 19.9 Å². The molecule has 2 N–H and O–H groups in total. The average molecular weight is 251 g/mol. The lowest BCUT2D eigenvalue weighted by atomic mass is 10.1. The fourth-order valence-corrected chi connectivity index (χ4v) is 1.88. The molecule has 0 saturated carbocycles. The molecule has 1 aromatic rings. The molecular formula is C14H21NO3. The molecule has 1 atom stereocenters. The van der Waals surface area contributed by atoms with Crippen molar-refractivity contribution in [1.82, 2.24) is 5.32 Å². The van der Waals surface area contributed by atoms with E-state index < -0.39 is 11.9 Å². The van der Waals surface area contributed by atoms with Crippen molar-refractivity contribution in [2.75, 3.05) is 19.8 Å². The Kier molecular flexibility index (Phi) is 4.35. The van der Waals surface area contributed by atoms with Crippen LogP contribution in [0.2, 0.25) is 0 Å². The molecule has 0 aliphatic carbocycles. The van der Waals surface area contributed by atoms with E-state index in [4.69, 9.17) is 9.47 Å². The zero-order valence-electron chi connectivity index (χ0n) is 10.9. The van der Waals surface area contributed by atoms with Gasteiger partial charge in [0, 0.05) is 6.54 Å². The molecule has 4 heteroatoms. The van der Waals surface area contributed by atoms with Gasteiger partial charge in [0.25, 0.3) is 0 Å². The molecule has 1 aromatic carbocycles. The number of hydrogen-bond acceptors (Lipinski definition) is 4. The highest BCUT2D eigenvalue weighted by molar-refractivity contribution is 5.17. The van der Waals surface area contributed by atoms with Crippen LogP contribution in [-0.4, -0.2) is 36.7 Å². The van der Waals surface area contributed by atoms with Gasteiger partial charge in [0.2, 0.25) is 0 Å². The van der Waals surface area contributed by atoms with Crippen LogP contribution in [0.4, 0.5) is 0 Å². The maximum absolute atomic E-state index is 10.0. The number of nitrogens with one attached hydrogen (secondary N) is 1. The number of rotatable bonds is 4. The van der Waals surface area contributed by atoms with Crippen molar-refractivity contribution >= 4 is 0 Å². The molecule has 0 radical (unpaired) electrons. The Labute approximate surface area is 108 Å². The van der Waals surface area contributed by atoms with Gasteiger partial charge in [-0.25, -0.2) is 0 Å². The van der Waals surface area contributed by atoms with Crippen LogP contribution in [0, 0.1) is 0 Å². The molecule has 1 saturated heterocycles. The quantitative estimate of drug-likeness (QED) is 0.850. The van der Waals surface area contributed by atoms with Gasteiger partial charge in [0.05, 0.1) is 25.4 Å². The van der Waals surface area contributed by atoms with Crippen molar-refractivity contribution in [3.05, 3.63) is 35.9 Å². The van der Waals surface area contributed by atoms with Crippen LogP contribution in [0.15, 0.2) is 30.3 Å². The lowest BCUT2D eigenvalue weighted by molar-refractivity contribution is -0.253. The Bertz CT molecular complexity index is 357.